The third kappa shape index (κ3) is 1.92. The number of carboxylic acid groups (broad SMARTS) is 4. The van der Waals surface area contributed by atoms with Crippen molar-refractivity contribution in [3.63, 3.8) is 0 Å². The molecule has 2 rings (SSSR count). The first-order chi connectivity index (χ1) is 9.68. The Kier molecular flexibility index (Phi) is 3.17. The van der Waals surface area contributed by atoms with Crippen LogP contribution in [-0.2, 0) is 6.42 Å². The minimum absolute atomic E-state index is 0.0785. The normalized spacial score (nSPS) is 15.8. The summed E-state index contributed by atoms with van der Waals surface area (Å²) in [5.74, 6) is -7.08. The number of carboxylic acids is 4. The van der Waals surface area contributed by atoms with E-state index in [2.05, 4.69) is 0 Å². The summed E-state index contributed by atoms with van der Waals surface area (Å²) in [6.07, 6.45) is 0.192. The average Bonchev–Trinajstić information content (AvgIpc) is 2.33. The molecule has 0 amide bonds. The van der Waals surface area contributed by atoms with E-state index < -0.39 is 46.1 Å². The van der Waals surface area contributed by atoms with E-state index in [0.717, 1.165) is 0 Å². The molecule has 0 fully saturated rings. The van der Waals surface area contributed by atoms with Crippen molar-refractivity contribution in [2.24, 2.45) is 0 Å². The molecule has 0 heterocycles. The fourth-order valence-corrected chi connectivity index (χ4v) is 2.74. The minimum atomic E-state index is -1.78. The van der Waals surface area contributed by atoms with Crippen molar-refractivity contribution < 1.29 is 39.6 Å². The molecule has 1 aromatic rings. The Labute approximate surface area is 117 Å². The molecule has 0 spiro atoms. The molecule has 0 aromatic heterocycles. The Hall–Kier alpha value is -2.90. The van der Waals surface area contributed by atoms with Gasteiger partial charge in [-0.2, -0.15) is 0 Å². The van der Waals surface area contributed by atoms with Crippen molar-refractivity contribution in [3.8, 4) is 0 Å². The second kappa shape index (κ2) is 4.58. The van der Waals surface area contributed by atoms with E-state index in [4.69, 9.17) is 10.2 Å². The molecular weight excluding hydrogens is 284 g/mol. The summed E-state index contributed by atoms with van der Waals surface area (Å²) in [6, 6.07) is 0. The summed E-state index contributed by atoms with van der Waals surface area (Å²) in [6.45, 7) is 1.62. The first-order valence-electron chi connectivity index (χ1n) is 5.84. The Balaban J connectivity index is 3.06. The van der Waals surface area contributed by atoms with E-state index >= 15 is 0 Å². The maximum absolute atomic E-state index is 11.3. The van der Waals surface area contributed by atoms with Crippen LogP contribution in [0.5, 0.6) is 0 Å². The smallest absolute Gasteiger partial charge is 0.337 e. The van der Waals surface area contributed by atoms with Gasteiger partial charge < -0.3 is 20.4 Å². The molecule has 0 saturated heterocycles. The summed E-state index contributed by atoms with van der Waals surface area (Å²) in [5, 5.41) is 36.7. The van der Waals surface area contributed by atoms with Crippen LogP contribution in [0, 0.1) is 0 Å². The number of carbonyl (C=O) groups is 4. The number of benzene rings is 1. The third-order valence-electron chi connectivity index (χ3n) is 3.50. The van der Waals surface area contributed by atoms with Crippen LogP contribution in [0.3, 0.4) is 0 Å². The van der Waals surface area contributed by atoms with Gasteiger partial charge in [0, 0.05) is 0 Å². The van der Waals surface area contributed by atoms with Crippen molar-refractivity contribution in [1.82, 2.24) is 0 Å². The van der Waals surface area contributed by atoms with Crippen molar-refractivity contribution in [3.05, 3.63) is 33.4 Å². The Bertz CT molecular complexity index is 716. The maximum Gasteiger partial charge on any atom is 0.337 e. The largest absolute Gasteiger partial charge is 0.478 e. The molecule has 0 aliphatic heterocycles. The van der Waals surface area contributed by atoms with Gasteiger partial charge in [-0.15, -0.1) is 0 Å². The highest BCUT2D eigenvalue weighted by molar-refractivity contribution is 6.15. The van der Waals surface area contributed by atoms with Crippen molar-refractivity contribution in [1.29, 1.82) is 0 Å². The lowest BCUT2D eigenvalue weighted by Gasteiger charge is -2.32. The molecule has 4 N–H and O–H groups in total. The topological polar surface area (TPSA) is 149 Å². The number of rotatable bonds is 4. The zero-order chi connectivity index (χ0) is 16.1. The molecule has 1 aromatic carbocycles. The van der Waals surface area contributed by atoms with Crippen LogP contribution in [0.4, 0.5) is 0 Å². The summed E-state index contributed by atoms with van der Waals surface area (Å²) in [4.78, 5) is 45.2. The van der Waals surface area contributed by atoms with Crippen LogP contribution in [0.15, 0.2) is 0 Å². The lowest BCUT2D eigenvalue weighted by atomic mass is 9.70. The molecule has 21 heavy (non-hydrogen) atoms. The Morgan fingerprint density at radius 3 is 1.48 bits per heavy atom. The third-order valence-corrected chi connectivity index (χ3v) is 3.50. The molecule has 1 aliphatic rings. The van der Waals surface area contributed by atoms with Crippen LogP contribution in [0.25, 0.3) is 0 Å². The lowest BCUT2D eigenvalue weighted by Crippen LogP contribution is -2.30. The van der Waals surface area contributed by atoms with E-state index in [1.165, 1.54) is 0 Å². The maximum atomic E-state index is 11.3. The van der Waals surface area contributed by atoms with E-state index in [0.29, 0.717) is 0 Å². The molecule has 1 atom stereocenters. The van der Waals surface area contributed by atoms with Gasteiger partial charge in [0.1, 0.15) is 0 Å². The van der Waals surface area contributed by atoms with Crippen LogP contribution in [-0.4, -0.2) is 44.3 Å². The highest BCUT2D eigenvalue weighted by Crippen LogP contribution is 2.43. The number of fused-ring (bicyclic) bond motifs is 1. The van der Waals surface area contributed by atoms with Gasteiger partial charge in [-0.3, -0.25) is 0 Å². The van der Waals surface area contributed by atoms with Crippen molar-refractivity contribution in [2.45, 2.75) is 19.3 Å². The highest BCUT2D eigenvalue weighted by Gasteiger charge is 2.41. The molecule has 8 heteroatoms. The molecule has 0 saturated carbocycles. The van der Waals surface area contributed by atoms with Gasteiger partial charge in [-0.1, -0.05) is 6.92 Å². The van der Waals surface area contributed by atoms with Gasteiger partial charge in [0.15, 0.2) is 0 Å². The molecule has 8 nitrogen and oxygen atoms in total. The first-order valence-corrected chi connectivity index (χ1v) is 5.84. The number of hydrogen-bond donors (Lipinski definition) is 4. The second-order valence-electron chi connectivity index (χ2n) is 4.72. The predicted molar refractivity (Wildman–Crippen MR) is 66.4 cm³/mol. The van der Waals surface area contributed by atoms with Crippen LogP contribution in [0.1, 0.15) is 65.4 Å². The SMILES string of the molecule is CC1Cc2c(C(=O)O)c(C(=O)O)c(C(=O)O)c(C(=O)O)c21. The lowest BCUT2D eigenvalue weighted by molar-refractivity contribution is 0.0616. The van der Waals surface area contributed by atoms with Gasteiger partial charge in [-0.25, -0.2) is 19.2 Å². The quantitative estimate of drug-likeness (QED) is 0.645. The van der Waals surface area contributed by atoms with Crippen LogP contribution >= 0.6 is 0 Å². The van der Waals surface area contributed by atoms with Crippen molar-refractivity contribution >= 4 is 23.9 Å². The van der Waals surface area contributed by atoms with Crippen LogP contribution in [0.2, 0.25) is 0 Å². The van der Waals surface area contributed by atoms with E-state index in [-0.39, 0.29) is 23.5 Å². The molecule has 1 unspecified atom stereocenters. The monoisotopic (exact) mass is 294 g/mol. The zero-order valence-corrected chi connectivity index (χ0v) is 10.7. The van der Waals surface area contributed by atoms with E-state index in [9.17, 15) is 29.4 Å². The van der Waals surface area contributed by atoms with Crippen molar-refractivity contribution in [2.75, 3.05) is 0 Å². The van der Waals surface area contributed by atoms with Crippen LogP contribution < -0.4 is 0 Å². The molecule has 110 valence electrons. The Morgan fingerprint density at radius 2 is 1.14 bits per heavy atom. The predicted octanol–water partition coefficient (Wildman–Crippen LogP) is 1.14. The Morgan fingerprint density at radius 1 is 0.762 bits per heavy atom. The minimum Gasteiger partial charge on any atom is -0.478 e. The second-order valence-corrected chi connectivity index (χ2v) is 4.72. The van der Waals surface area contributed by atoms with Gasteiger partial charge in [0.2, 0.25) is 0 Å². The highest BCUT2D eigenvalue weighted by atomic mass is 16.4. The number of hydrogen-bond acceptors (Lipinski definition) is 4. The van der Waals surface area contributed by atoms with Gasteiger partial charge in [0.25, 0.3) is 0 Å². The summed E-state index contributed by atoms with van der Waals surface area (Å²) >= 11 is 0. The molecule has 1 aliphatic carbocycles. The average molecular weight is 294 g/mol. The standard InChI is InChI=1S/C13H10O8/c1-3-2-4-5(3)7(11(16)17)9(13(20)21)8(12(18)19)6(4)10(14)15/h3H,2H2,1H3,(H,14,15)(H,16,17)(H,18,19)(H,20,21). The molecule has 0 radical (unpaired) electrons. The number of aromatic carboxylic acids is 4. The molecule has 0 bridgehead atoms. The zero-order valence-electron chi connectivity index (χ0n) is 10.7. The van der Waals surface area contributed by atoms with Gasteiger partial charge >= 0.3 is 23.9 Å². The fraction of sp³-hybridized carbons (Fsp3) is 0.231. The van der Waals surface area contributed by atoms with Gasteiger partial charge in [0.05, 0.1) is 22.3 Å². The fourth-order valence-electron chi connectivity index (χ4n) is 2.74. The van der Waals surface area contributed by atoms with E-state index in [1.54, 1.807) is 6.92 Å². The first kappa shape index (κ1) is 14.5. The summed E-state index contributed by atoms with van der Waals surface area (Å²) in [7, 11) is 0. The van der Waals surface area contributed by atoms with Gasteiger partial charge in [-0.05, 0) is 23.5 Å². The summed E-state index contributed by atoms with van der Waals surface area (Å²) < 4.78 is 0. The summed E-state index contributed by atoms with van der Waals surface area (Å²) in [5.41, 5.74) is -3.09. The van der Waals surface area contributed by atoms with E-state index in [1.807, 2.05) is 0 Å². The molecular formula is C13H10O8.